The number of carbonyl (C=O) groups excluding carboxylic acids is 2. The highest BCUT2D eigenvalue weighted by Gasteiger charge is 2.25. The number of hydrogen-bond acceptors (Lipinski definition) is 6. The maximum absolute atomic E-state index is 12.3. The summed E-state index contributed by atoms with van der Waals surface area (Å²) in [5.41, 5.74) is 1.96. The second kappa shape index (κ2) is 11.0. The first-order chi connectivity index (χ1) is 16.1. The van der Waals surface area contributed by atoms with Crippen molar-refractivity contribution in [2.24, 2.45) is 0 Å². The lowest BCUT2D eigenvalue weighted by molar-refractivity contribution is -0.122. The number of benzene rings is 2. The Balaban J connectivity index is 1.12. The Bertz CT molecular complexity index is 942. The molecule has 0 radical (unpaired) electrons. The molecule has 0 spiro atoms. The van der Waals surface area contributed by atoms with E-state index in [2.05, 4.69) is 27.2 Å². The van der Waals surface area contributed by atoms with Crippen molar-refractivity contribution in [3.05, 3.63) is 48.5 Å². The van der Waals surface area contributed by atoms with Gasteiger partial charge in [0, 0.05) is 51.4 Å². The molecule has 2 aromatic carbocycles. The van der Waals surface area contributed by atoms with Crippen molar-refractivity contribution in [2.75, 3.05) is 69.3 Å². The van der Waals surface area contributed by atoms with Gasteiger partial charge >= 0.3 is 0 Å². The average Bonchev–Trinajstić information content (AvgIpc) is 2.86. The van der Waals surface area contributed by atoms with Crippen LogP contribution >= 0.6 is 0 Å². The fourth-order valence-electron chi connectivity index (χ4n) is 4.25. The van der Waals surface area contributed by atoms with Crippen LogP contribution in [0.15, 0.2) is 48.5 Å². The first kappa shape index (κ1) is 22.9. The largest absolute Gasteiger partial charge is 0.497 e. The van der Waals surface area contributed by atoms with Gasteiger partial charge in [0.1, 0.15) is 11.5 Å². The summed E-state index contributed by atoms with van der Waals surface area (Å²) < 4.78 is 10.7. The lowest BCUT2D eigenvalue weighted by Gasteiger charge is -2.36. The molecule has 0 atom stereocenters. The summed E-state index contributed by atoms with van der Waals surface area (Å²) in [5, 5.41) is 2.99. The molecule has 1 saturated heterocycles. The third-order valence-electron chi connectivity index (χ3n) is 6.15. The monoisotopic (exact) mass is 452 g/mol. The molecular formula is C25H32N4O4. The first-order valence-corrected chi connectivity index (χ1v) is 11.5. The molecule has 0 saturated carbocycles. The van der Waals surface area contributed by atoms with E-state index < -0.39 is 0 Å². The number of rotatable bonds is 9. The number of fused-ring (bicyclic) bond motifs is 1. The van der Waals surface area contributed by atoms with Gasteiger partial charge in [-0.3, -0.25) is 14.5 Å². The Hall–Kier alpha value is -3.26. The standard InChI is InChI=1S/C25H32N4O4/c1-32-21-9-7-20(8-10-21)28-17-15-27(16-18-28)13-4-12-26-24(30)11-14-29-22-5-2-3-6-23(22)33-19-25(29)31/h2-3,5-10H,4,11-19H2,1H3,(H,26,30). The van der Waals surface area contributed by atoms with Crippen LogP contribution in [0.1, 0.15) is 12.8 Å². The minimum absolute atomic E-state index is 0.0182. The van der Waals surface area contributed by atoms with E-state index in [1.54, 1.807) is 12.0 Å². The van der Waals surface area contributed by atoms with E-state index in [1.165, 1.54) is 5.69 Å². The number of nitrogens with zero attached hydrogens (tertiary/aromatic N) is 3. The maximum Gasteiger partial charge on any atom is 0.265 e. The molecule has 8 heteroatoms. The number of carbonyl (C=O) groups is 2. The number of nitrogens with one attached hydrogen (secondary N) is 1. The van der Waals surface area contributed by atoms with Crippen LogP contribution in [-0.2, 0) is 9.59 Å². The van der Waals surface area contributed by atoms with Gasteiger partial charge in [-0.1, -0.05) is 12.1 Å². The van der Waals surface area contributed by atoms with Crippen LogP contribution in [0.4, 0.5) is 11.4 Å². The Morgan fingerprint density at radius 3 is 2.55 bits per heavy atom. The number of ether oxygens (including phenoxy) is 2. The van der Waals surface area contributed by atoms with E-state index in [4.69, 9.17) is 9.47 Å². The lowest BCUT2D eigenvalue weighted by Crippen LogP contribution is -2.47. The molecule has 2 heterocycles. The summed E-state index contributed by atoms with van der Waals surface area (Å²) in [6.45, 7) is 6.00. The smallest absolute Gasteiger partial charge is 0.265 e. The van der Waals surface area contributed by atoms with Crippen LogP contribution in [0.5, 0.6) is 11.5 Å². The molecule has 2 aliphatic rings. The van der Waals surface area contributed by atoms with Crippen LogP contribution in [0, 0.1) is 0 Å². The fraction of sp³-hybridized carbons (Fsp3) is 0.440. The van der Waals surface area contributed by atoms with Crippen LogP contribution in [-0.4, -0.2) is 76.2 Å². The molecular weight excluding hydrogens is 420 g/mol. The molecule has 8 nitrogen and oxygen atoms in total. The summed E-state index contributed by atoms with van der Waals surface area (Å²) >= 11 is 0. The zero-order valence-electron chi connectivity index (χ0n) is 19.2. The highest BCUT2D eigenvalue weighted by atomic mass is 16.5. The molecule has 33 heavy (non-hydrogen) atoms. The summed E-state index contributed by atoms with van der Waals surface area (Å²) in [5.74, 6) is 1.41. The van der Waals surface area contributed by atoms with E-state index in [-0.39, 0.29) is 24.8 Å². The number of hydrogen-bond donors (Lipinski definition) is 1. The van der Waals surface area contributed by atoms with E-state index >= 15 is 0 Å². The fourth-order valence-corrected chi connectivity index (χ4v) is 4.25. The molecule has 0 bridgehead atoms. The SMILES string of the molecule is COc1ccc(N2CCN(CCCNC(=O)CCN3C(=O)COc4ccccc43)CC2)cc1. The summed E-state index contributed by atoms with van der Waals surface area (Å²) in [6, 6.07) is 15.6. The second-order valence-corrected chi connectivity index (χ2v) is 8.28. The minimum atomic E-state index is -0.115. The third kappa shape index (κ3) is 5.96. The predicted octanol–water partition coefficient (Wildman–Crippen LogP) is 2.14. The summed E-state index contributed by atoms with van der Waals surface area (Å²) in [7, 11) is 1.68. The van der Waals surface area contributed by atoms with Crippen molar-refractivity contribution < 1.29 is 19.1 Å². The van der Waals surface area contributed by atoms with Crippen LogP contribution in [0.3, 0.4) is 0 Å². The van der Waals surface area contributed by atoms with Gasteiger partial charge in [0.2, 0.25) is 5.91 Å². The maximum atomic E-state index is 12.3. The Morgan fingerprint density at radius 2 is 1.79 bits per heavy atom. The number of para-hydroxylation sites is 2. The van der Waals surface area contributed by atoms with Crippen molar-refractivity contribution in [1.82, 2.24) is 10.2 Å². The van der Waals surface area contributed by atoms with E-state index in [0.29, 0.717) is 18.8 Å². The van der Waals surface area contributed by atoms with Gasteiger partial charge in [-0.2, -0.15) is 0 Å². The normalized spacial score (nSPS) is 16.2. The quantitative estimate of drug-likeness (QED) is 0.588. The van der Waals surface area contributed by atoms with E-state index in [9.17, 15) is 9.59 Å². The van der Waals surface area contributed by atoms with Crippen LogP contribution in [0.25, 0.3) is 0 Å². The van der Waals surface area contributed by atoms with Gasteiger partial charge in [0.25, 0.3) is 5.91 Å². The van der Waals surface area contributed by atoms with E-state index in [0.717, 1.165) is 50.6 Å². The molecule has 2 amide bonds. The van der Waals surface area contributed by atoms with Gasteiger partial charge in [0.15, 0.2) is 6.61 Å². The number of methoxy groups -OCH3 is 1. The van der Waals surface area contributed by atoms with Crippen molar-refractivity contribution in [1.29, 1.82) is 0 Å². The zero-order chi connectivity index (χ0) is 23.0. The molecule has 0 aromatic heterocycles. The Kier molecular flexibility index (Phi) is 7.67. The van der Waals surface area contributed by atoms with Crippen molar-refractivity contribution in [2.45, 2.75) is 12.8 Å². The second-order valence-electron chi connectivity index (χ2n) is 8.28. The molecule has 176 valence electrons. The van der Waals surface area contributed by atoms with Gasteiger partial charge in [-0.15, -0.1) is 0 Å². The van der Waals surface area contributed by atoms with Crippen molar-refractivity contribution in [3.63, 3.8) is 0 Å². The van der Waals surface area contributed by atoms with Gasteiger partial charge < -0.3 is 24.6 Å². The first-order valence-electron chi connectivity index (χ1n) is 11.5. The topological polar surface area (TPSA) is 74.4 Å². The summed E-state index contributed by atoms with van der Waals surface area (Å²) in [6.07, 6.45) is 1.19. The summed E-state index contributed by atoms with van der Waals surface area (Å²) in [4.78, 5) is 31.0. The van der Waals surface area contributed by atoms with Gasteiger partial charge in [-0.25, -0.2) is 0 Å². The van der Waals surface area contributed by atoms with Crippen molar-refractivity contribution in [3.8, 4) is 11.5 Å². The minimum Gasteiger partial charge on any atom is -0.497 e. The molecule has 4 rings (SSSR count). The number of anilines is 2. The Labute approximate surface area is 195 Å². The molecule has 2 aromatic rings. The number of piperazine rings is 1. The van der Waals surface area contributed by atoms with Crippen LogP contribution in [0.2, 0.25) is 0 Å². The number of amides is 2. The highest BCUT2D eigenvalue weighted by Crippen LogP contribution is 2.31. The van der Waals surface area contributed by atoms with Crippen LogP contribution < -0.4 is 24.6 Å². The third-order valence-corrected chi connectivity index (χ3v) is 6.15. The lowest BCUT2D eigenvalue weighted by atomic mass is 10.2. The van der Waals surface area contributed by atoms with Gasteiger partial charge in [-0.05, 0) is 49.4 Å². The molecule has 2 aliphatic heterocycles. The predicted molar refractivity (Wildman–Crippen MR) is 128 cm³/mol. The molecule has 0 aliphatic carbocycles. The van der Waals surface area contributed by atoms with E-state index in [1.807, 2.05) is 36.4 Å². The molecule has 1 fully saturated rings. The zero-order valence-corrected chi connectivity index (χ0v) is 19.2. The Morgan fingerprint density at radius 1 is 1.03 bits per heavy atom. The average molecular weight is 453 g/mol. The van der Waals surface area contributed by atoms with Crippen molar-refractivity contribution >= 4 is 23.2 Å². The molecule has 0 unspecified atom stereocenters. The highest BCUT2D eigenvalue weighted by molar-refractivity contribution is 5.98. The van der Waals surface area contributed by atoms with Gasteiger partial charge in [0.05, 0.1) is 12.8 Å². The molecule has 1 N–H and O–H groups in total.